The number of aromatic nitrogens is 1. The van der Waals surface area contributed by atoms with Crippen LogP contribution in [0, 0.1) is 5.82 Å². The average Bonchev–Trinajstić information content (AvgIpc) is 2.80. The van der Waals surface area contributed by atoms with Crippen molar-refractivity contribution in [1.82, 2.24) is 9.71 Å². The molecular formula is C10H9FN2O2S2. The van der Waals surface area contributed by atoms with Crippen molar-refractivity contribution in [2.24, 2.45) is 0 Å². The van der Waals surface area contributed by atoms with E-state index in [0.717, 1.165) is 12.1 Å². The van der Waals surface area contributed by atoms with Gasteiger partial charge in [0.15, 0.2) is 0 Å². The van der Waals surface area contributed by atoms with Crippen LogP contribution in [0.25, 0.3) is 0 Å². The summed E-state index contributed by atoms with van der Waals surface area (Å²) < 4.78 is 38.6. The van der Waals surface area contributed by atoms with Crippen LogP contribution >= 0.6 is 11.3 Å². The fourth-order valence-corrected chi connectivity index (χ4v) is 2.83. The van der Waals surface area contributed by atoms with E-state index in [-0.39, 0.29) is 11.4 Å². The van der Waals surface area contributed by atoms with E-state index in [1.807, 2.05) is 0 Å². The largest absolute Gasteiger partial charge is 0.248 e. The van der Waals surface area contributed by atoms with Crippen LogP contribution in [-0.2, 0) is 16.6 Å². The first-order chi connectivity index (χ1) is 8.08. The molecule has 4 nitrogen and oxygen atoms in total. The molecule has 17 heavy (non-hydrogen) atoms. The summed E-state index contributed by atoms with van der Waals surface area (Å²) in [6.07, 6.45) is 1.60. The van der Waals surface area contributed by atoms with E-state index < -0.39 is 15.8 Å². The zero-order chi connectivity index (χ0) is 12.3. The van der Waals surface area contributed by atoms with E-state index in [1.54, 1.807) is 11.6 Å². The number of hydrogen-bond donors (Lipinski definition) is 1. The molecule has 90 valence electrons. The van der Waals surface area contributed by atoms with Crippen LogP contribution in [0.2, 0.25) is 0 Å². The van der Waals surface area contributed by atoms with E-state index in [4.69, 9.17) is 0 Å². The van der Waals surface area contributed by atoms with Gasteiger partial charge in [0.1, 0.15) is 10.8 Å². The molecule has 0 aliphatic rings. The molecule has 0 radical (unpaired) electrons. The van der Waals surface area contributed by atoms with Crippen LogP contribution < -0.4 is 4.72 Å². The molecule has 0 saturated heterocycles. The van der Waals surface area contributed by atoms with Crippen molar-refractivity contribution in [3.63, 3.8) is 0 Å². The third-order valence-corrected chi connectivity index (χ3v) is 4.22. The minimum Gasteiger partial charge on any atom is -0.248 e. The molecule has 0 atom stereocenters. The lowest BCUT2D eigenvalue weighted by Gasteiger charge is -2.04. The van der Waals surface area contributed by atoms with Gasteiger partial charge in [0, 0.05) is 11.6 Å². The van der Waals surface area contributed by atoms with Crippen molar-refractivity contribution >= 4 is 21.4 Å². The van der Waals surface area contributed by atoms with Gasteiger partial charge in [-0.1, -0.05) is 0 Å². The van der Waals surface area contributed by atoms with Gasteiger partial charge in [0.25, 0.3) is 0 Å². The predicted octanol–water partition coefficient (Wildman–Crippen LogP) is 1.76. The first-order valence-corrected chi connectivity index (χ1v) is 7.08. The second-order valence-electron chi connectivity index (χ2n) is 3.20. The smallest absolute Gasteiger partial charge is 0.240 e. The predicted molar refractivity (Wildman–Crippen MR) is 62.5 cm³/mol. The summed E-state index contributed by atoms with van der Waals surface area (Å²) in [6, 6.07) is 4.66. The lowest BCUT2D eigenvalue weighted by atomic mass is 10.4. The molecular weight excluding hydrogens is 263 g/mol. The minimum atomic E-state index is -3.60. The topological polar surface area (TPSA) is 59.1 Å². The van der Waals surface area contributed by atoms with E-state index in [0.29, 0.717) is 5.01 Å². The standard InChI is InChI=1S/C10H9FN2O2S2/c11-8-1-3-9(4-2-8)17(14,15)13-7-10-12-5-6-16-10/h1-6,13H,7H2. The molecule has 0 aliphatic carbocycles. The van der Waals surface area contributed by atoms with Crippen molar-refractivity contribution < 1.29 is 12.8 Å². The van der Waals surface area contributed by atoms with Gasteiger partial charge in [-0.05, 0) is 24.3 Å². The molecule has 0 saturated carbocycles. The Balaban J connectivity index is 2.11. The quantitative estimate of drug-likeness (QED) is 0.922. The van der Waals surface area contributed by atoms with Crippen molar-refractivity contribution in [2.45, 2.75) is 11.4 Å². The summed E-state index contributed by atoms with van der Waals surface area (Å²) in [5.74, 6) is -0.469. The third kappa shape index (κ3) is 3.09. The summed E-state index contributed by atoms with van der Waals surface area (Å²) in [7, 11) is -3.60. The second kappa shape index (κ2) is 4.91. The van der Waals surface area contributed by atoms with Gasteiger partial charge < -0.3 is 0 Å². The highest BCUT2D eigenvalue weighted by molar-refractivity contribution is 7.89. The fraction of sp³-hybridized carbons (Fsp3) is 0.100. The maximum Gasteiger partial charge on any atom is 0.240 e. The van der Waals surface area contributed by atoms with Gasteiger partial charge in [-0.25, -0.2) is 22.5 Å². The fourth-order valence-electron chi connectivity index (χ4n) is 1.19. The molecule has 1 aromatic carbocycles. The Morgan fingerprint density at radius 1 is 1.29 bits per heavy atom. The van der Waals surface area contributed by atoms with E-state index in [2.05, 4.69) is 9.71 Å². The highest BCUT2D eigenvalue weighted by atomic mass is 32.2. The Morgan fingerprint density at radius 3 is 2.59 bits per heavy atom. The van der Waals surface area contributed by atoms with Crippen LogP contribution in [0.3, 0.4) is 0 Å². The Hall–Kier alpha value is -1.31. The highest BCUT2D eigenvalue weighted by Gasteiger charge is 2.13. The number of sulfonamides is 1. The first kappa shape index (κ1) is 12.2. The molecule has 0 unspecified atom stereocenters. The molecule has 0 bridgehead atoms. The summed E-state index contributed by atoms with van der Waals surface area (Å²) in [6.45, 7) is 0.136. The van der Waals surface area contributed by atoms with E-state index in [9.17, 15) is 12.8 Å². The normalized spacial score (nSPS) is 11.6. The van der Waals surface area contributed by atoms with E-state index >= 15 is 0 Å². The molecule has 1 heterocycles. The zero-order valence-electron chi connectivity index (χ0n) is 8.63. The lowest BCUT2D eigenvalue weighted by molar-refractivity contribution is 0.580. The molecule has 0 fully saturated rings. The Labute approximate surface area is 102 Å². The highest BCUT2D eigenvalue weighted by Crippen LogP contribution is 2.11. The van der Waals surface area contributed by atoms with Crippen LogP contribution in [0.5, 0.6) is 0 Å². The molecule has 0 spiro atoms. The van der Waals surface area contributed by atoms with Crippen LogP contribution in [-0.4, -0.2) is 13.4 Å². The van der Waals surface area contributed by atoms with Gasteiger partial charge in [-0.2, -0.15) is 0 Å². The molecule has 2 rings (SSSR count). The van der Waals surface area contributed by atoms with Crippen LogP contribution in [0.15, 0.2) is 40.7 Å². The van der Waals surface area contributed by atoms with Gasteiger partial charge in [-0.15, -0.1) is 11.3 Å². The second-order valence-corrected chi connectivity index (χ2v) is 5.95. The first-order valence-electron chi connectivity index (χ1n) is 4.71. The Kier molecular flexibility index (Phi) is 3.51. The molecule has 0 aliphatic heterocycles. The Morgan fingerprint density at radius 2 is 2.00 bits per heavy atom. The Bertz CT molecular complexity index is 579. The summed E-state index contributed by atoms with van der Waals surface area (Å²) in [5, 5.41) is 2.44. The van der Waals surface area contributed by atoms with Crippen molar-refractivity contribution in [2.75, 3.05) is 0 Å². The summed E-state index contributed by atoms with van der Waals surface area (Å²) in [4.78, 5) is 4.00. The molecule has 7 heteroatoms. The number of nitrogens with one attached hydrogen (secondary N) is 1. The summed E-state index contributed by atoms with van der Waals surface area (Å²) in [5.41, 5.74) is 0. The van der Waals surface area contributed by atoms with Gasteiger partial charge in [0.2, 0.25) is 10.0 Å². The van der Waals surface area contributed by atoms with Gasteiger partial charge >= 0.3 is 0 Å². The van der Waals surface area contributed by atoms with Gasteiger partial charge in [0.05, 0.1) is 11.4 Å². The molecule has 1 aromatic heterocycles. The molecule has 2 aromatic rings. The number of halogens is 1. The number of hydrogen-bond acceptors (Lipinski definition) is 4. The van der Waals surface area contributed by atoms with Crippen molar-refractivity contribution in [3.8, 4) is 0 Å². The number of nitrogens with zero attached hydrogens (tertiary/aromatic N) is 1. The monoisotopic (exact) mass is 272 g/mol. The van der Waals surface area contributed by atoms with Crippen LogP contribution in [0.4, 0.5) is 4.39 Å². The summed E-state index contributed by atoms with van der Waals surface area (Å²) >= 11 is 1.36. The zero-order valence-corrected chi connectivity index (χ0v) is 10.3. The van der Waals surface area contributed by atoms with Crippen molar-refractivity contribution in [1.29, 1.82) is 0 Å². The lowest BCUT2D eigenvalue weighted by Crippen LogP contribution is -2.23. The molecule has 1 N–H and O–H groups in total. The number of rotatable bonds is 4. The van der Waals surface area contributed by atoms with E-state index in [1.165, 1.54) is 23.5 Å². The number of thiazole rings is 1. The van der Waals surface area contributed by atoms with Crippen molar-refractivity contribution in [3.05, 3.63) is 46.7 Å². The average molecular weight is 272 g/mol. The number of benzene rings is 1. The maximum absolute atomic E-state index is 12.7. The van der Waals surface area contributed by atoms with Crippen LogP contribution in [0.1, 0.15) is 5.01 Å². The van der Waals surface area contributed by atoms with Gasteiger partial charge in [-0.3, -0.25) is 0 Å². The molecule has 0 amide bonds. The SMILES string of the molecule is O=S(=O)(NCc1nccs1)c1ccc(F)cc1. The maximum atomic E-state index is 12.7. The third-order valence-electron chi connectivity index (χ3n) is 2.02. The minimum absolute atomic E-state index is 0.0375.